The Labute approximate surface area is 155 Å². The number of rotatable bonds is 7. The van der Waals surface area contributed by atoms with Crippen molar-refractivity contribution in [2.45, 2.75) is 32.9 Å². The SMILES string of the molecule is CCNc1ncc(C(=O)N(C)Cc2ccccc2CN2CCCC2)cn1. The third-order valence-corrected chi connectivity index (χ3v) is 4.70. The zero-order valence-electron chi connectivity index (χ0n) is 15.6. The number of aromatic nitrogens is 2. The van der Waals surface area contributed by atoms with E-state index < -0.39 is 0 Å². The van der Waals surface area contributed by atoms with Gasteiger partial charge in [0.25, 0.3) is 5.91 Å². The van der Waals surface area contributed by atoms with E-state index in [1.807, 2.05) is 20.0 Å². The summed E-state index contributed by atoms with van der Waals surface area (Å²) in [6, 6.07) is 8.39. The Bertz CT molecular complexity index is 725. The molecule has 2 heterocycles. The fraction of sp³-hybridized carbons (Fsp3) is 0.450. The topological polar surface area (TPSA) is 61.4 Å². The molecule has 1 N–H and O–H groups in total. The molecule has 0 saturated carbocycles. The zero-order chi connectivity index (χ0) is 18.4. The van der Waals surface area contributed by atoms with Crippen molar-refractivity contribution in [3.8, 4) is 0 Å². The summed E-state index contributed by atoms with van der Waals surface area (Å²) >= 11 is 0. The van der Waals surface area contributed by atoms with Crippen LogP contribution in [0, 0.1) is 0 Å². The maximum absolute atomic E-state index is 12.7. The van der Waals surface area contributed by atoms with Crippen molar-refractivity contribution in [1.29, 1.82) is 0 Å². The summed E-state index contributed by atoms with van der Waals surface area (Å²) in [6.45, 7) is 6.60. The van der Waals surface area contributed by atoms with Gasteiger partial charge < -0.3 is 10.2 Å². The molecule has 1 amide bonds. The van der Waals surface area contributed by atoms with Crippen LogP contribution in [-0.2, 0) is 13.1 Å². The second-order valence-electron chi connectivity index (χ2n) is 6.74. The zero-order valence-corrected chi connectivity index (χ0v) is 15.6. The minimum absolute atomic E-state index is 0.0657. The molecule has 3 rings (SSSR count). The lowest BCUT2D eigenvalue weighted by atomic mass is 10.1. The first-order valence-corrected chi connectivity index (χ1v) is 9.28. The van der Waals surface area contributed by atoms with Gasteiger partial charge >= 0.3 is 0 Å². The van der Waals surface area contributed by atoms with Gasteiger partial charge in [-0.15, -0.1) is 0 Å². The number of hydrogen-bond donors (Lipinski definition) is 1. The molecular formula is C20H27N5O. The van der Waals surface area contributed by atoms with Crippen LogP contribution in [0.2, 0.25) is 0 Å². The maximum Gasteiger partial charge on any atom is 0.257 e. The predicted molar refractivity (Wildman–Crippen MR) is 103 cm³/mol. The number of carbonyl (C=O) groups excluding carboxylic acids is 1. The van der Waals surface area contributed by atoms with E-state index in [1.165, 1.54) is 37.1 Å². The number of carbonyl (C=O) groups is 1. The van der Waals surface area contributed by atoms with E-state index in [9.17, 15) is 4.79 Å². The first-order valence-electron chi connectivity index (χ1n) is 9.28. The molecule has 6 heteroatoms. The van der Waals surface area contributed by atoms with Gasteiger partial charge in [0.15, 0.2) is 0 Å². The van der Waals surface area contributed by atoms with Gasteiger partial charge in [-0.05, 0) is 44.0 Å². The average Bonchev–Trinajstić information content (AvgIpc) is 3.17. The van der Waals surface area contributed by atoms with Crippen molar-refractivity contribution in [2.75, 3.05) is 32.0 Å². The van der Waals surface area contributed by atoms with Crippen LogP contribution < -0.4 is 5.32 Å². The van der Waals surface area contributed by atoms with Gasteiger partial charge in [0, 0.05) is 39.1 Å². The molecule has 6 nitrogen and oxygen atoms in total. The minimum Gasteiger partial charge on any atom is -0.355 e. The summed E-state index contributed by atoms with van der Waals surface area (Å²) in [5, 5.41) is 3.03. The first kappa shape index (κ1) is 18.3. The van der Waals surface area contributed by atoms with Crippen LogP contribution in [0.3, 0.4) is 0 Å². The Morgan fingerprint density at radius 2 is 1.81 bits per heavy atom. The van der Waals surface area contributed by atoms with Crippen molar-refractivity contribution < 1.29 is 4.79 Å². The Morgan fingerprint density at radius 3 is 2.46 bits per heavy atom. The van der Waals surface area contributed by atoms with E-state index in [0.29, 0.717) is 18.1 Å². The van der Waals surface area contributed by atoms with Gasteiger partial charge in [-0.2, -0.15) is 0 Å². The Balaban J connectivity index is 1.67. The molecule has 1 aromatic carbocycles. The Hall–Kier alpha value is -2.47. The van der Waals surface area contributed by atoms with E-state index in [4.69, 9.17) is 0 Å². The standard InChI is InChI=1S/C20H27N5O/c1-3-21-20-22-12-18(13-23-20)19(26)24(2)14-16-8-4-5-9-17(16)15-25-10-6-7-11-25/h4-5,8-9,12-13H,3,6-7,10-11,14-15H2,1-2H3,(H,21,22,23). The fourth-order valence-electron chi connectivity index (χ4n) is 3.28. The van der Waals surface area contributed by atoms with E-state index in [-0.39, 0.29) is 5.91 Å². The second kappa shape index (κ2) is 8.76. The second-order valence-corrected chi connectivity index (χ2v) is 6.74. The molecular weight excluding hydrogens is 326 g/mol. The van der Waals surface area contributed by atoms with Crippen molar-refractivity contribution >= 4 is 11.9 Å². The first-order chi connectivity index (χ1) is 12.7. The highest BCUT2D eigenvalue weighted by Crippen LogP contribution is 2.18. The molecule has 0 atom stereocenters. The number of hydrogen-bond acceptors (Lipinski definition) is 5. The van der Waals surface area contributed by atoms with Gasteiger partial charge in [0.2, 0.25) is 5.95 Å². The number of anilines is 1. The van der Waals surface area contributed by atoms with Crippen molar-refractivity contribution in [3.05, 3.63) is 53.3 Å². The molecule has 1 aliphatic heterocycles. The molecule has 26 heavy (non-hydrogen) atoms. The van der Waals surface area contributed by atoms with Crippen LogP contribution >= 0.6 is 0 Å². The van der Waals surface area contributed by atoms with Crippen LogP contribution in [0.25, 0.3) is 0 Å². The molecule has 0 unspecified atom stereocenters. The molecule has 2 aromatic rings. The van der Waals surface area contributed by atoms with Gasteiger partial charge in [-0.25, -0.2) is 9.97 Å². The molecule has 1 saturated heterocycles. The molecule has 138 valence electrons. The molecule has 0 radical (unpaired) electrons. The van der Waals surface area contributed by atoms with E-state index in [0.717, 1.165) is 13.1 Å². The predicted octanol–water partition coefficient (Wildman–Crippen LogP) is 2.78. The molecule has 0 aliphatic carbocycles. The van der Waals surface area contributed by atoms with Crippen LogP contribution in [0.15, 0.2) is 36.7 Å². The molecule has 0 spiro atoms. The van der Waals surface area contributed by atoms with Crippen LogP contribution in [0.1, 0.15) is 41.3 Å². The lowest BCUT2D eigenvalue weighted by molar-refractivity contribution is 0.0783. The van der Waals surface area contributed by atoms with Crippen LogP contribution in [0.5, 0.6) is 0 Å². The Kier molecular flexibility index (Phi) is 6.17. The Morgan fingerprint density at radius 1 is 1.15 bits per heavy atom. The highest BCUT2D eigenvalue weighted by Gasteiger charge is 2.17. The van der Waals surface area contributed by atoms with Crippen LogP contribution in [-0.4, -0.2) is 52.4 Å². The van der Waals surface area contributed by atoms with Crippen LogP contribution in [0.4, 0.5) is 5.95 Å². The highest BCUT2D eigenvalue weighted by molar-refractivity contribution is 5.93. The maximum atomic E-state index is 12.7. The molecule has 1 aliphatic rings. The number of likely N-dealkylation sites (tertiary alicyclic amines) is 1. The lowest BCUT2D eigenvalue weighted by Crippen LogP contribution is -2.28. The number of nitrogens with one attached hydrogen (secondary N) is 1. The average molecular weight is 353 g/mol. The highest BCUT2D eigenvalue weighted by atomic mass is 16.2. The third kappa shape index (κ3) is 4.58. The van der Waals surface area contributed by atoms with E-state index >= 15 is 0 Å². The summed E-state index contributed by atoms with van der Waals surface area (Å²) in [6.07, 6.45) is 5.73. The van der Waals surface area contributed by atoms with Gasteiger partial charge in [-0.3, -0.25) is 9.69 Å². The summed E-state index contributed by atoms with van der Waals surface area (Å²) in [5.74, 6) is 0.478. The van der Waals surface area contributed by atoms with Gasteiger partial charge in [0.05, 0.1) is 5.56 Å². The molecule has 0 bridgehead atoms. The summed E-state index contributed by atoms with van der Waals surface area (Å²) in [7, 11) is 1.83. The normalized spacial score (nSPS) is 14.4. The smallest absolute Gasteiger partial charge is 0.257 e. The van der Waals surface area contributed by atoms with E-state index in [1.54, 1.807) is 17.3 Å². The summed E-state index contributed by atoms with van der Waals surface area (Å²) in [4.78, 5) is 25.3. The number of benzene rings is 1. The van der Waals surface area contributed by atoms with Crippen molar-refractivity contribution in [1.82, 2.24) is 19.8 Å². The van der Waals surface area contributed by atoms with E-state index in [2.05, 4.69) is 38.4 Å². The van der Waals surface area contributed by atoms with Gasteiger partial charge in [0.1, 0.15) is 0 Å². The lowest BCUT2D eigenvalue weighted by Gasteiger charge is -2.21. The quantitative estimate of drug-likeness (QED) is 0.829. The van der Waals surface area contributed by atoms with Crippen molar-refractivity contribution in [3.63, 3.8) is 0 Å². The number of amides is 1. The fourth-order valence-corrected chi connectivity index (χ4v) is 3.28. The third-order valence-electron chi connectivity index (χ3n) is 4.70. The summed E-state index contributed by atoms with van der Waals surface area (Å²) in [5.41, 5.74) is 3.00. The minimum atomic E-state index is -0.0657. The number of nitrogens with zero attached hydrogens (tertiary/aromatic N) is 4. The largest absolute Gasteiger partial charge is 0.355 e. The summed E-state index contributed by atoms with van der Waals surface area (Å²) < 4.78 is 0. The molecule has 1 aromatic heterocycles. The van der Waals surface area contributed by atoms with Crippen molar-refractivity contribution in [2.24, 2.45) is 0 Å². The van der Waals surface area contributed by atoms with Gasteiger partial charge in [-0.1, -0.05) is 24.3 Å². The molecule has 1 fully saturated rings. The monoisotopic (exact) mass is 353 g/mol.